The first kappa shape index (κ1) is 17.2. The number of aryl methyl sites for hydroxylation is 1. The van der Waals surface area contributed by atoms with Crippen LogP contribution in [0.4, 0.5) is 18.9 Å². The minimum atomic E-state index is -4.47. The summed E-state index contributed by atoms with van der Waals surface area (Å²) in [6, 6.07) is 1.63. The number of ether oxygens (including phenoxy) is 1. The first-order valence-corrected chi connectivity index (χ1v) is 6.98. The normalized spacial score (nSPS) is 12.2. The molecule has 0 heterocycles. The highest BCUT2D eigenvalue weighted by Crippen LogP contribution is 2.32. The topological polar surface area (TPSA) is 113 Å². The Hall–Kier alpha value is -1.88. The molecule has 11 heteroatoms. The maximum atomic E-state index is 12.0. The lowest BCUT2D eigenvalue weighted by atomic mass is 10.2. The second-order valence-corrected chi connectivity index (χ2v) is 5.63. The molecule has 0 saturated carbocycles. The number of alkyl halides is 3. The number of hydrogen-bond donors (Lipinski definition) is 1. The molecule has 0 fully saturated rings. The van der Waals surface area contributed by atoms with Gasteiger partial charge in [0.25, 0.3) is 0 Å². The highest BCUT2D eigenvalue weighted by atomic mass is 32.2. The van der Waals surface area contributed by atoms with E-state index >= 15 is 0 Å². The van der Waals surface area contributed by atoms with Crippen LogP contribution >= 0.6 is 0 Å². The van der Waals surface area contributed by atoms with E-state index in [4.69, 9.17) is 9.88 Å². The monoisotopic (exact) mass is 328 g/mol. The number of hydrogen-bond acceptors (Lipinski definition) is 5. The van der Waals surface area contributed by atoms with E-state index in [1.807, 2.05) is 0 Å². The van der Waals surface area contributed by atoms with Gasteiger partial charge in [-0.3, -0.25) is 10.1 Å². The van der Waals surface area contributed by atoms with E-state index < -0.39 is 50.5 Å². The maximum absolute atomic E-state index is 12.0. The fraction of sp³-hybridized carbons (Fsp3) is 0.400. The summed E-state index contributed by atoms with van der Waals surface area (Å²) in [5.74, 6) is -0.450. The molecule has 0 spiro atoms. The van der Waals surface area contributed by atoms with Crippen molar-refractivity contribution in [3.8, 4) is 5.75 Å². The van der Waals surface area contributed by atoms with Gasteiger partial charge in [-0.25, -0.2) is 13.6 Å². The number of benzene rings is 1. The minimum absolute atomic E-state index is 0.0325. The summed E-state index contributed by atoms with van der Waals surface area (Å²) in [4.78, 5) is 9.39. The molecule has 21 heavy (non-hydrogen) atoms. The fourth-order valence-electron chi connectivity index (χ4n) is 1.49. The van der Waals surface area contributed by atoms with Gasteiger partial charge in [0.2, 0.25) is 10.0 Å². The Morgan fingerprint density at radius 3 is 2.38 bits per heavy atom. The van der Waals surface area contributed by atoms with Gasteiger partial charge in [-0.2, -0.15) is 13.2 Å². The molecule has 1 aromatic rings. The zero-order valence-corrected chi connectivity index (χ0v) is 11.5. The van der Waals surface area contributed by atoms with Crippen LogP contribution < -0.4 is 9.88 Å². The molecule has 118 valence electrons. The van der Waals surface area contributed by atoms with Crippen molar-refractivity contribution in [2.75, 3.05) is 6.61 Å². The third kappa shape index (κ3) is 4.86. The average molecular weight is 328 g/mol. The van der Waals surface area contributed by atoms with Crippen molar-refractivity contribution < 1.29 is 31.2 Å². The largest absolute Gasteiger partial charge is 0.486 e. The van der Waals surface area contributed by atoms with Crippen molar-refractivity contribution in [3.63, 3.8) is 0 Å². The number of nitro benzene ring substituents is 1. The van der Waals surface area contributed by atoms with E-state index in [1.54, 1.807) is 0 Å². The zero-order valence-electron chi connectivity index (χ0n) is 10.7. The van der Waals surface area contributed by atoms with E-state index in [2.05, 4.69) is 0 Å². The van der Waals surface area contributed by atoms with Gasteiger partial charge in [0, 0.05) is 6.07 Å². The number of nitro groups is 1. The highest BCUT2D eigenvalue weighted by molar-refractivity contribution is 7.89. The van der Waals surface area contributed by atoms with Crippen LogP contribution in [0.15, 0.2) is 17.0 Å². The Labute approximate surface area is 117 Å². The second kappa shape index (κ2) is 5.85. The predicted octanol–water partition coefficient (Wildman–Crippen LogP) is 1.88. The summed E-state index contributed by atoms with van der Waals surface area (Å²) in [6.07, 6.45) is -5.76. The lowest BCUT2D eigenvalue weighted by Crippen LogP contribution is -2.15. The Kier molecular flexibility index (Phi) is 4.79. The molecule has 1 aromatic carbocycles. The first-order valence-electron chi connectivity index (χ1n) is 5.43. The molecule has 2 N–H and O–H groups in total. The SMILES string of the molecule is Cc1cc(OCCC(F)(F)F)c([N+](=O)[O-])cc1S(N)(=O)=O. The highest BCUT2D eigenvalue weighted by Gasteiger charge is 2.28. The first-order chi connectivity index (χ1) is 9.42. The summed E-state index contributed by atoms with van der Waals surface area (Å²) in [5, 5.41) is 15.7. The van der Waals surface area contributed by atoms with Crippen LogP contribution in [0.5, 0.6) is 5.75 Å². The molecular formula is C10H11F3N2O5S. The van der Waals surface area contributed by atoms with Gasteiger partial charge in [-0.15, -0.1) is 0 Å². The molecule has 0 bridgehead atoms. The van der Waals surface area contributed by atoms with Crippen molar-refractivity contribution >= 4 is 15.7 Å². The van der Waals surface area contributed by atoms with Gasteiger partial charge in [-0.05, 0) is 18.6 Å². The minimum Gasteiger partial charge on any atom is -0.486 e. The number of nitrogens with two attached hydrogens (primary N) is 1. The molecule has 0 amide bonds. The van der Waals surface area contributed by atoms with Crippen molar-refractivity contribution in [1.29, 1.82) is 0 Å². The second-order valence-electron chi connectivity index (χ2n) is 4.10. The third-order valence-corrected chi connectivity index (χ3v) is 3.46. The Bertz CT molecular complexity index is 657. The lowest BCUT2D eigenvalue weighted by Gasteiger charge is -2.11. The van der Waals surface area contributed by atoms with Crippen molar-refractivity contribution in [2.24, 2.45) is 5.14 Å². The van der Waals surface area contributed by atoms with E-state index in [1.165, 1.54) is 6.92 Å². The van der Waals surface area contributed by atoms with Gasteiger partial charge in [0.05, 0.1) is 22.8 Å². The van der Waals surface area contributed by atoms with E-state index in [0.717, 1.165) is 6.07 Å². The Morgan fingerprint density at radius 2 is 1.95 bits per heavy atom. The predicted molar refractivity (Wildman–Crippen MR) is 65.4 cm³/mol. The number of rotatable bonds is 5. The molecule has 0 unspecified atom stereocenters. The quantitative estimate of drug-likeness (QED) is 0.655. The summed E-state index contributed by atoms with van der Waals surface area (Å²) in [7, 11) is -4.19. The van der Waals surface area contributed by atoms with Crippen molar-refractivity contribution in [3.05, 3.63) is 27.8 Å². The molecule has 0 saturated heterocycles. The smallest absolute Gasteiger partial charge is 0.392 e. The van der Waals surface area contributed by atoms with Crippen LogP contribution in [0.3, 0.4) is 0 Å². The third-order valence-electron chi connectivity index (χ3n) is 2.40. The Morgan fingerprint density at radius 1 is 1.38 bits per heavy atom. The summed E-state index contributed by atoms with van der Waals surface area (Å²) >= 11 is 0. The van der Waals surface area contributed by atoms with E-state index in [-0.39, 0.29) is 5.56 Å². The van der Waals surface area contributed by atoms with Gasteiger partial charge in [0.1, 0.15) is 0 Å². The molecule has 1 rings (SSSR count). The fourth-order valence-corrected chi connectivity index (χ4v) is 2.28. The summed E-state index contributed by atoms with van der Waals surface area (Å²) < 4.78 is 63.2. The summed E-state index contributed by atoms with van der Waals surface area (Å²) in [5.41, 5.74) is -0.739. The molecule has 7 nitrogen and oxygen atoms in total. The van der Waals surface area contributed by atoms with Crippen LogP contribution in [0, 0.1) is 17.0 Å². The van der Waals surface area contributed by atoms with Crippen LogP contribution in [-0.4, -0.2) is 26.1 Å². The van der Waals surface area contributed by atoms with Gasteiger partial charge in [-0.1, -0.05) is 0 Å². The molecular weight excluding hydrogens is 317 g/mol. The lowest BCUT2D eigenvalue weighted by molar-refractivity contribution is -0.386. The van der Waals surface area contributed by atoms with Gasteiger partial charge < -0.3 is 4.74 Å². The van der Waals surface area contributed by atoms with Crippen LogP contribution in [0.1, 0.15) is 12.0 Å². The van der Waals surface area contributed by atoms with Crippen molar-refractivity contribution in [2.45, 2.75) is 24.4 Å². The zero-order chi connectivity index (χ0) is 16.4. The number of sulfonamides is 1. The molecule has 0 radical (unpaired) electrons. The molecule has 0 aliphatic heterocycles. The standard InChI is InChI=1S/C10H11F3N2O5S/c1-6-4-8(20-3-2-10(11,12)13)7(15(16)17)5-9(6)21(14,18)19/h4-5H,2-3H2,1H3,(H2,14,18,19). The van der Waals surface area contributed by atoms with Crippen LogP contribution in [0.25, 0.3) is 0 Å². The molecule has 0 aliphatic rings. The molecule has 0 aromatic heterocycles. The molecule has 0 atom stereocenters. The van der Waals surface area contributed by atoms with Crippen molar-refractivity contribution in [1.82, 2.24) is 0 Å². The van der Waals surface area contributed by atoms with Gasteiger partial charge >= 0.3 is 11.9 Å². The number of halogens is 3. The Balaban J connectivity index is 3.16. The van der Waals surface area contributed by atoms with Crippen LogP contribution in [0.2, 0.25) is 0 Å². The number of nitrogens with zero attached hydrogens (tertiary/aromatic N) is 1. The van der Waals surface area contributed by atoms with Crippen LogP contribution in [-0.2, 0) is 10.0 Å². The number of primary sulfonamides is 1. The van der Waals surface area contributed by atoms with Gasteiger partial charge in [0.15, 0.2) is 5.75 Å². The molecule has 0 aliphatic carbocycles. The van der Waals surface area contributed by atoms with E-state index in [9.17, 15) is 31.7 Å². The maximum Gasteiger partial charge on any atom is 0.392 e. The average Bonchev–Trinajstić information content (AvgIpc) is 2.24. The summed E-state index contributed by atoms with van der Waals surface area (Å²) in [6.45, 7) is 0.471. The van der Waals surface area contributed by atoms with E-state index in [0.29, 0.717) is 6.07 Å².